The Morgan fingerprint density at radius 3 is 2.75 bits per heavy atom. The van der Waals surface area contributed by atoms with Gasteiger partial charge in [-0.25, -0.2) is 4.39 Å². The molecule has 0 unspecified atom stereocenters. The van der Waals surface area contributed by atoms with Crippen molar-refractivity contribution in [3.63, 3.8) is 0 Å². The average Bonchev–Trinajstić information content (AvgIpc) is 2.15. The van der Waals surface area contributed by atoms with Gasteiger partial charge in [0.1, 0.15) is 0 Å². The van der Waals surface area contributed by atoms with E-state index in [-0.39, 0.29) is 22.4 Å². The quantitative estimate of drug-likeness (QED) is 0.659. The number of nitrogens with zero attached hydrogens (tertiary/aromatic N) is 1. The molecule has 7 heteroatoms. The molecule has 0 saturated carbocycles. The summed E-state index contributed by atoms with van der Waals surface area (Å²) in [6.07, 6.45) is -0.638. The topological polar surface area (TPSA) is 75.4 Å². The number of hydrogen-bond donors (Lipinski definition) is 2. The number of anilines is 1. The lowest BCUT2D eigenvalue weighted by Crippen LogP contribution is -2.16. The zero-order valence-corrected chi connectivity index (χ0v) is 9.99. The molecule has 0 radical (unpaired) electrons. The Hall–Kier alpha value is -1.21. The zero-order chi connectivity index (χ0) is 12.3. The number of non-ortho nitro benzene ring substituents is 1. The molecule has 1 aromatic rings. The van der Waals surface area contributed by atoms with Crippen LogP contribution in [0.25, 0.3) is 0 Å². The number of benzene rings is 1. The van der Waals surface area contributed by atoms with Crippen molar-refractivity contribution in [2.24, 2.45) is 0 Å². The van der Waals surface area contributed by atoms with Gasteiger partial charge in [0.05, 0.1) is 27.3 Å². The molecule has 0 fully saturated rings. The summed E-state index contributed by atoms with van der Waals surface area (Å²) < 4.78 is 13.7. The Labute approximate surface area is 99.6 Å². The van der Waals surface area contributed by atoms with Gasteiger partial charge in [0, 0.05) is 12.6 Å². The van der Waals surface area contributed by atoms with Gasteiger partial charge in [0.2, 0.25) is 0 Å². The molecule has 0 aliphatic rings. The molecule has 1 atom stereocenters. The summed E-state index contributed by atoms with van der Waals surface area (Å²) in [5.74, 6) is -0.735. The highest BCUT2D eigenvalue weighted by atomic mass is 79.9. The van der Waals surface area contributed by atoms with Crippen LogP contribution in [0, 0.1) is 15.9 Å². The molecule has 88 valence electrons. The van der Waals surface area contributed by atoms with Crippen LogP contribution in [-0.2, 0) is 0 Å². The highest BCUT2D eigenvalue weighted by molar-refractivity contribution is 9.10. The minimum absolute atomic E-state index is 0.103. The van der Waals surface area contributed by atoms with Crippen molar-refractivity contribution >= 4 is 27.3 Å². The van der Waals surface area contributed by atoms with E-state index in [4.69, 9.17) is 5.11 Å². The Morgan fingerprint density at radius 2 is 2.31 bits per heavy atom. The predicted octanol–water partition coefficient (Wildman–Crippen LogP) is 2.29. The number of nitro groups is 1. The summed E-state index contributed by atoms with van der Waals surface area (Å²) >= 11 is 3.03. The molecule has 16 heavy (non-hydrogen) atoms. The second-order valence-electron chi connectivity index (χ2n) is 3.27. The van der Waals surface area contributed by atoms with E-state index < -0.39 is 16.8 Å². The fourth-order valence-electron chi connectivity index (χ4n) is 1.08. The number of hydrogen-bond acceptors (Lipinski definition) is 4. The van der Waals surface area contributed by atoms with Crippen LogP contribution >= 0.6 is 15.9 Å². The third-order valence-electron chi connectivity index (χ3n) is 1.81. The van der Waals surface area contributed by atoms with Crippen LogP contribution in [0.3, 0.4) is 0 Å². The summed E-state index contributed by atoms with van der Waals surface area (Å²) in [5.41, 5.74) is -0.224. The molecule has 0 aliphatic carbocycles. The summed E-state index contributed by atoms with van der Waals surface area (Å²) in [4.78, 5) is 9.77. The largest absolute Gasteiger partial charge is 0.392 e. The van der Waals surface area contributed by atoms with Crippen LogP contribution in [0.1, 0.15) is 6.92 Å². The Kier molecular flexibility index (Phi) is 4.19. The molecule has 0 bridgehead atoms. The van der Waals surface area contributed by atoms with Crippen molar-refractivity contribution in [2.75, 3.05) is 11.9 Å². The van der Waals surface area contributed by atoms with Gasteiger partial charge < -0.3 is 10.4 Å². The van der Waals surface area contributed by atoms with Crippen molar-refractivity contribution in [1.29, 1.82) is 0 Å². The van der Waals surface area contributed by atoms with E-state index in [1.807, 2.05) is 0 Å². The van der Waals surface area contributed by atoms with E-state index in [0.29, 0.717) is 0 Å². The lowest BCUT2D eigenvalue weighted by Gasteiger charge is -2.10. The first kappa shape index (κ1) is 12.9. The Morgan fingerprint density at radius 1 is 1.69 bits per heavy atom. The van der Waals surface area contributed by atoms with Gasteiger partial charge in [-0.3, -0.25) is 10.1 Å². The van der Waals surface area contributed by atoms with Crippen LogP contribution in [0.15, 0.2) is 16.6 Å². The third kappa shape index (κ3) is 3.14. The molecule has 0 amide bonds. The number of aliphatic hydroxyl groups excluding tert-OH is 1. The van der Waals surface area contributed by atoms with Crippen LogP contribution in [0.2, 0.25) is 0 Å². The number of rotatable bonds is 4. The SMILES string of the molecule is C[C@@H](O)CNc1c(F)cc([N+](=O)[O-])cc1Br. The molecule has 1 aromatic carbocycles. The van der Waals surface area contributed by atoms with E-state index >= 15 is 0 Å². The number of halogens is 2. The van der Waals surface area contributed by atoms with Crippen LogP contribution in [0.5, 0.6) is 0 Å². The molecular formula is C9H10BrFN2O3. The molecule has 0 aromatic heterocycles. The third-order valence-corrected chi connectivity index (χ3v) is 2.44. The van der Waals surface area contributed by atoms with Gasteiger partial charge >= 0.3 is 0 Å². The normalized spacial score (nSPS) is 12.2. The monoisotopic (exact) mass is 292 g/mol. The smallest absolute Gasteiger partial charge is 0.273 e. The van der Waals surface area contributed by atoms with Gasteiger partial charge in [0.15, 0.2) is 5.82 Å². The lowest BCUT2D eigenvalue weighted by molar-refractivity contribution is -0.385. The van der Waals surface area contributed by atoms with Crippen molar-refractivity contribution in [3.8, 4) is 0 Å². The van der Waals surface area contributed by atoms with E-state index in [2.05, 4.69) is 21.2 Å². The van der Waals surface area contributed by atoms with Crippen molar-refractivity contribution in [2.45, 2.75) is 13.0 Å². The highest BCUT2D eigenvalue weighted by Crippen LogP contribution is 2.30. The van der Waals surface area contributed by atoms with Gasteiger partial charge in [-0.15, -0.1) is 0 Å². The van der Waals surface area contributed by atoms with Gasteiger partial charge in [-0.1, -0.05) is 0 Å². The van der Waals surface area contributed by atoms with Crippen LogP contribution < -0.4 is 5.32 Å². The maximum atomic E-state index is 13.4. The molecular weight excluding hydrogens is 283 g/mol. The summed E-state index contributed by atoms with van der Waals surface area (Å²) in [5, 5.41) is 22.1. The van der Waals surface area contributed by atoms with E-state index in [9.17, 15) is 14.5 Å². The minimum atomic E-state index is -0.735. The fourth-order valence-corrected chi connectivity index (χ4v) is 1.65. The van der Waals surface area contributed by atoms with Crippen molar-refractivity contribution in [3.05, 3.63) is 32.5 Å². The standard InChI is InChI=1S/C9H10BrFN2O3/c1-5(14)4-12-9-7(10)2-6(13(15)16)3-8(9)11/h2-3,5,12,14H,4H2,1H3/t5-/m1/s1. The molecule has 5 nitrogen and oxygen atoms in total. The van der Waals surface area contributed by atoms with Crippen molar-refractivity contribution in [1.82, 2.24) is 0 Å². The molecule has 2 N–H and O–H groups in total. The first-order valence-electron chi connectivity index (χ1n) is 4.47. The number of aliphatic hydroxyl groups is 1. The van der Waals surface area contributed by atoms with E-state index in [0.717, 1.165) is 6.07 Å². The fraction of sp³-hybridized carbons (Fsp3) is 0.333. The highest BCUT2D eigenvalue weighted by Gasteiger charge is 2.15. The van der Waals surface area contributed by atoms with Gasteiger partial charge in [-0.2, -0.15) is 0 Å². The van der Waals surface area contributed by atoms with E-state index in [1.165, 1.54) is 6.07 Å². The van der Waals surface area contributed by atoms with Gasteiger partial charge in [0.25, 0.3) is 5.69 Å². The minimum Gasteiger partial charge on any atom is -0.392 e. The van der Waals surface area contributed by atoms with Crippen LogP contribution in [0.4, 0.5) is 15.8 Å². The van der Waals surface area contributed by atoms with Gasteiger partial charge in [-0.05, 0) is 22.9 Å². The molecule has 0 aliphatic heterocycles. The molecule has 0 saturated heterocycles. The second-order valence-corrected chi connectivity index (χ2v) is 4.13. The first-order valence-corrected chi connectivity index (χ1v) is 5.26. The first-order chi connectivity index (χ1) is 7.41. The molecule has 1 rings (SSSR count). The van der Waals surface area contributed by atoms with Crippen molar-refractivity contribution < 1.29 is 14.4 Å². The second kappa shape index (κ2) is 5.22. The Balaban J connectivity index is 2.98. The average molecular weight is 293 g/mol. The zero-order valence-electron chi connectivity index (χ0n) is 8.41. The predicted molar refractivity (Wildman–Crippen MR) is 60.9 cm³/mol. The maximum absolute atomic E-state index is 13.4. The Bertz CT molecular complexity index is 389. The maximum Gasteiger partial charge on any atom is 0.273 e. The summed E-state index contributed by atoms with van der Waals surface area (Å²) in [6.45, 7) is 1.71. The lowest BCUT2D eigenvalue weighted by atomic mass is 10.2. The van der Waals surface area contributed by atoms with E-state index in [1.54, 1.807) is 6.92 Å². The summed E-state index contributed by atoms with van der Waals surface area (Å²) in [6, 6.07) is 2.03. The molecule has 0 heterocycles. The number of nitrogens with one attached hydrogen (secondary N) is 1. The van der Waals surface area contributed by atoms with Crippen LogP contribution in [-0.4, -0.2) is 22.7 Å². The number of nitro benzene ring substituents is 1. The summed E-state index contributed by atoms with van der Waals surface area (Å²) in [7, 11) is 0. The molecule has 0 spiro atoms.